The SMILES string of the molecule is NC(=S)c1ccc(Cl)cc1NC(=O)Nc1ccccc1Cl. The molecule has 0 aliphatic heterocycles. The summed E-state index contributed by atoms with van der Waals surface area (Å²) < 4.78 is 0. The molecule has 0 bridgehead atoms. The minimum atomic E-state index is -0.470. The minimum absolute atomic E-state index is 0.166. The second-order valence-corrected chi connectivity index (χ2v) is 5.40. The van der Waals surface area contributed by atoms with E-state index in [0.717, 1.165) is 0 Å². The lowest BCUT2D eigenvalue weighted by atomic mass is 10.2. The van der Waals surface area contributed by atoms with Crippen molar-refractivity contribution in [1.29, 1.82) is 0 Å². The van der Waals surface area contributed by atoms with Crippen LogP contribution in [-0.4, -0.2) is 11.0 Å². The molecular formula is C14H11Cl2N3OS. The number of halogens is 2. The van der Waals surface area contributed by atoms with Gasteiger partial charge in [0.2, 0.25) is 0 Å². The Morgan fingerprint density at radius 2 is 1.71 bits per heavy atom. The van der Waals surface area contributed by atoms with Crippen molar-refractivity contribution in [2.45, 2.75) is 0 Å². The quantitative estimate of drug-likeness (QED) is 0.731. The number of thiocarbonyl (C=S) groups is 1. The zero-order chi connectivity index (χ0) is 15.4. The molecule has 0 unspecified atom stereocenters. The van der Waals surface area contributed by atoms with Gasteiger partial charge in [-0.2, -0.15) is 0 Å². The van der Waals surface area contributed by atoms with Crippen molar-refractivity contribution in [2.75, 3.05) is 10.6 Å². The van der Waals surface area contributed by atoms with Crippen LogP contribution in [0.4, 0.5) is 16.2 Å². The number of carbonyl (C=O) groups is 1. The average Bonchev–Trinajstić information content (AvgIpc) is 2.41. The van der Waals surface area contributed by atoms with Crippen molar-refractivity contribution in [1.82, 2.24) is 0 Å². The van der Waals surface area contributed by atoms with Gasteiger partial charge in [0.1, 0.15) is 4.99 Å². The Bertz CT molecular complexity index is 706. The van der Waals surface area contributed by atoms with Crippen LogP contribution in [0, 0.1) is 0 Å². The first-order chi connectivity index (χ1) is 9.97. The van der Waals surface area contributed by atoms with Crippen LogP contribution in [0.25, 0.3) is 0 Å². The number of para-hydroxylation sites is 1. The van der Waals surface area contributed by atoms with Crippen molar-refractivity contribution < 1.29 is 4.79 Å². The van der Waals surface area contributed by atoms with Gasteiger partial charge in [0.25, 0.3) is 0 Å². The Labute approximate surface area is 137 Å². The Morgan fingerprint density at radius 1 is 1.05 bits per heavy atom. The van der Waals surface area contributed by atoms with Crippen molar-refractivity contribution in [2.24, 2.45) is 5.73 Å². The summed E-state index contributed by atoms with van der Waals surface area (Å²) in [6, 6.07) is 11.3. The summed E-state index contributed by atoms with van der Waals surface area (Å²) in [7, 11) is 0. The van der Waals surface area contributed by atoms with Gasteiger partial charge in [0.15, 0.2) is 0 Å². The maximum Gasteiger partial charge on any atom is 0.323 e. The van der Waals surface area contributed by atoms with Gasteiger partial charge in [0, 0.05) is 10.6 Å². The third kappa shape index (κ3) is 4.07. The van der Waals surface area contributed by atoms with Gasteiger partial charge in [-0.1, -0.05) is 47.6 Å². The predicted molar refractivity (Wildman–Crippen MR) is 91.4 cm³/mol. The topological polar surface area (TPSA) is 67.1 Å². The molecule has 2 aromatic carbocycles. The fourth-order valence-electron chi connectivity index (χ4n) is 1.67. The molecular weight excluding hydrogens is 329 g/mol. The van der Waals surface area contributed by atoms with Crippen molar-refractivity contribution >= 4 is 57.8 Å². The smallest absolute Gasteiger partial charge is 0.323 e. The molecule has 0 fully saturated rings. The fourth-order valence-corrected chi connectivity index (χ4v) is 2.21. The minimum Gasteiger partial charge on any atom is -0.389 e. The van der Waals surface area contributed by atoms with Crippen LogP contribution < -0.4 is 16.4 Å². The first-order valence-corrected chi connectivity index (χ1v) is 7.05. The summed E-state index contributed by atoms with van der Waals surface area (Å²) in [5.41, 5.74) is 7.07. The maximum atomic E-state index is 12.0. The third-order valence-corrected chi connectivity index (χ3v) is 3.40. The molecule has 7 heteroatoms. The zero-order valence-corrected chi connectivity index (χ0v) is 13.0. The normalized spacial score (nSPS) is 10.0. The van der Waals surface area contributed by atoms with Gasteiger partial charge in [-0.3, -0.25) is 0 Å². The summed E-state index contributed by atoms with van der Waals surface area (Å²) in [6.45, 7) is 0. The molecule has 2 rings (SSSR count). The molecule has 108 valence electrons. The molecule has 0 heterocycles. The lowest BCUT2D eigenvalue weighted by Crippen LogP contribution is -2.22. The highest BCUT2D eigenvalue weighted by atomic mass is 35.5. The van der Waals surface area contributed by atoms with Crippen LogP contribution in [0.5, 0.6) is 0 Å². The van der Waals surface area contributed by atoms with Crippen LogP contribution in [-0.2, 0) is 0 Å². The van der Waals surface area contributed by atoms with E-state index in [1.807, 2.05) is 0 Å². The van der Waals surface area contributed by atoms with E-state index in [9.17, 15) is 4.79 Å². The lowest BCUT2D eigenvalue weighted by Gasteiger charge is -2.12. The van der Waals surface area contributed by atoms with Gasteiger partial charge >= 0.3 is 6.03 Å². The Balaban J connectivity index is 2.18. The number of benzene rings is 2. The number of nitrogens with one attached hydrogen (secondary N) is 2. The summed E-state index contributed by atoms with van der Waals surface area (Å²) in [6.07, 6.45) is 0. The molecule has 2 amide bonds. The van der Waals surface area contributed by atoms with E-state index in [2.05, 4.69) is 10.6 Å². The third-order valence-electron chi connectivity index (χ3n) is 2.62. The fraction of sp³-hybridized carbons (Fsp3) is 0. The van der Waals surface area contributed by atoms with Crippen molar-refractivity contribution in [3.63, 3.8) is 0 Å². The molecule has 0 saturated carbocycles. The Kier molecular flexibility index (Phi) is 5.01. The number of amides is 2. The van der Waals surface area contributed by atoms with Crippen molar-refractivity contribution in [3.05, 3.63) is 58.1 Å². The molecule has 0 aliphatic carbocycles. The van der Waals surface area contributed by atoms with Crippen LogP contribution in [0.1, 0.15) is 5.56 Å². The predicted octanol–water partition coefficient (Wildman–Crippen LogP) is 4.27. The first-order valence-electron chi connectivity index (χ1n) is 5.89. The largest absolute Gasteiger partial charge is 0.389 e. The molecule has 0 atom stereocenters. The van der Waals surface area contributed by atoms with Crippen LogP contribution in [0.2, 0.25) is 10.0 Å². The molecule has 0 radical (unpaired) electrons. The van der Waals surface area contributed by atoms with Gasteiger partial charge in [-0.05, 0) is 30.3 Å². The molecule has 0 spiro atoms. The highest BCUT2D eigenvalue weighted by Gasteiger charge is 2.10. The standard InChI is InChI=1S/C14H11Cl2N3OS/c15-8-5-6-9(13(17)21)12(7-8)19-14(20)18-11-4-2-1-3-10(11)16/h1-7H,(H2,17,21)(H2,18,19,20). The van der Waals surface area contributed by atoms with E-state index in [4.69, 9.17) is 41.2 Å². The number of hydrogen-bond acceptors (Lipinski definition) is 2. The average molecular weight is 340 g/mol. The molecule has 2 aromatic rings. The molecule has 21 heavy (non-hydrogen) atoms. The van der Waals surface area contributed by atoms with Gasteiger partial charge in [-0.25, -0.2) is 4.79 Å². The molecule has 0 aliphatic rings. The lowest BCUT2D eigenvalue weighted by molar-refractivity contribution is 0.262. The summed E-state index contributed by atoms with van der Waals surface area (Å²) in [4.78, 5) is 12.2. The monoisotopic (exact) mass is 339 g/mol. The first kappa shape index (κ1) is 15.6. The van der Waals surface area contributed by atoms with E-state index in [1.54, 1.807) is 42.5 Å². The molecule has 0 aromatic heterocycles. The number of urea groups is 1. The van der Waals surface area contributed by atoms with Gasteiger partial charge in [0.05, 0.1) is 16.4 Å². The van der Waals surface area contributed by atoms with Crippen LogP contribution in [0.3, 0.4) is 0 Å². The van der Waals surface area contributed by atoms with E-state index in [0.29, 0.717) is 27.0 Å². The second kappa shape index (κ2) is 6.76. The second-order valence-electron chi connectivity index (χ2n) is 4.11. The van der Waals surface area contributed by atoms with E-state index >= 15 is 0 Å². The summed E-state index contributed by atoms with van der Waals surface area (Å²) in [5, 5.41) is 6.18. The number of hydrogen-bond donors (Lipinski definition) is 3. The highest BCUT2D eigenvalue weighted by molar-refractivity contribution is 7.80. The maximum absolute atomic E-state index is 12.0. The highest BCUT2D eigenvalue weighted by Crippen LogP contribution is 2.23. The van der Waals surface area contributed by atoms with Gasteiger partial charge < -0.3 is 16.4 Å². The number of carbonyl (C=O) groups excluding carboxylic acids is 1. The number of rotatable bonds is 3. The molecule has 4 nitrogen and oxygen atoms in total. The van der Waals surface area contributed by atoms with Crippen molar-refractivity contribution in [3.8, 4) is 0 Å². The summed E-state index contributed by atoms with van der Waals surface area (Å²) in [5.74, 6) is 0. The molecule has 0 saturated heterocycles. The number of nitrogens with two attached hydrogens (primary N) is 1. The Hall–Kier alpha value is -1.82. The number of anilines is 2. The molecule has 4 N–H and O–H groups in total. The zero-order valence-electron chi connectivity index (χ0n) is 10.7. The van der Waals surface area contributed by atoms with Crippen LogP contribution in [0.15, 0.2) is 42.5 Å². The van der Waals surface area contributed by atoms with E-state index in [-0.39, 0.29) is 4.99 Å². The van der Waals surface area contributed by atoms with Gasteiger partial charge in [-0.15, -0.1) is 0 Å². The Morgan fingerprint density at radius 3 is 2.38 bits per heavy atom. The summed E-state index contributed by atoms with van der Waals surface area (Å²) >= 11 is 16.8. The van der Waals surface area contributed by atoms with E-state index in [1.165, 1.54) is 0 Å². The van der Waals surface area contributed by atoms with Crippen LogP contribution >= 0.6 is 35.4 Å². The van der Waals surface area contributed by atoms with E-state index < -0.39 is 6.03 Å².